The highest BCUT2D eigenvalue weighted by Gasteiger charge is 2.19. The summed E-state index contributed by atoms with van der Waals surface area (Å²) in [6, 6.07) is -1.46. The molecule has 1 N–H and O–H groups in total. The topological polar surface area (TPSA) is 97.8 Å². The number of carboxylic acids is 1. The van der Waals surface area contributed by atoms with E-state index < -0.39 is 18.0 Å². The van der Waals surface area contributed by atoms with Gasteiger partial charge in [0.05, 0.1) is 42.5 Å². The molecule has 0 aromatic carbocycles. The summed E-state index contributed by atoms with van der Waals surface area (Å²) in [7, 11) is 1.62. The molecule has 1 aliphatic heterocycles. The second kappa shape index (κ2) is 11.2. The Labute approximate surface area is 165 Å². The van der Waals surface area contributed by atoms with E-state index >= 15 is 0 Å². The van der Waals surface area contributed by atoms with Crippen molar-refractivity contribution in [1.29, 1.82) is 0 Å². The van der Waals surface area contributed by atoms with E-state index in [-0.39, 0.29) is 7.43 Å². The lowest BCUT2D eigenvalue weighted by atomic mass is 10.2. The molecule has 2 amide bonds. The Bertz CT molecular complexity index is 602. The van der Waals surface area contributed by atoms with Gasteiger partial charge in [0.25, 0.3) is 0 Å². The van der Waals surface area contributed by atoms with Crippen LogP contribution >= 0.6 is 11.3 Å². The summed E-state index contributed by atoms with van der Waals surface area (Å²) >= 11 is 1.56. The summed E-state index contributed by atoms with van der Waals surface area (Å²) < 4.78 is 5.27. The fourth-order valence-corrected chi connectivity index (χ4v) is 3.45. The van der Waals surface area contributed by atoms with Gasteiger partial charge in [0.1, 0.15) is 0 Å². The molecule has 0 bridgehead atoms. The average molecular weight is 400 g/mol. The maximum absolute atomic E-state index is 12.3. The molecule has 154 valence electrons. The Morgan fingerprint density at radius 3 is 2.63 bits per heavy atom. The number of thiazole rings is 1. The first-order chi connectivity index (χ1) is 12.4. The minimum atomic E-state index is -1.27. The van der Waals surface area contributed by atoms with Gasteiger partial charge in [-0.05, 0) is 6.42 Å². The smallest absolute Gasteiger partial charge is 0.318 e. The predicted molar refractivity (Wildman–Crippen MR) is 104 cm³/mol. The maximum Gasteiger partial charge on any atom is 0.318 e. The standard InChI is InChI=1S/C17H28N4O4S.CH4/c1-12(2)15-18-13(11-26-15)10-20(3)17(24)19-14(16(22)23)4-5-21-6-8-25-9-7-21;/h11-12,14H,4-10H2,1-3H3,(H,19,24)(H,22,23);1H4/p-1/t14-;/m0./s1. The Balaban J connectivity index is 0.00000364. The van der Waals surface area contributed by atoms with Crippen LogP contribution in [0.2, 0.25) is 0 Å². The zero-order valence-corrected chi connectivity index (χ0v) is 16.4. The molecule has 1 saturated heterocycles. The molecule has 1 aromatic heterocycles. The van der Waals surface area contributed by atoms with Gasteiger partial charge in [-0.3, -0.25) is 4.90 Å². The second-order valence-electron chi connectivity index (χ2n) is 6.75. The van der Waals surface area contributed by atoms with Crippen LogP contribution in [0.3, 0.4) is 0 Å². The molecule has 0 spiro atoms. The summed E-state index contributed by atoms with van der Waals surface area (Å²) in [4.78, 5) is 31.7. The van der Waals surface area contributed by atoms with Gasteiger partial charge in [-0.25, -0.2) is 9.78 Å². The number of carboxylic acid groups (broad SMARTS) is 1. The van der Waals surface area contributed by atoms with Crippen LogP contribution in [-0.2, 0) is 16.1 Å². The van der Waals surface area contributed by atoms with E-state index in [0.717, 1.165) is 23.8 Å². The van der Waals surface area contributed by atoms with Crippen molar-refractivity contribution in [2.75, 3.05) is 39.9 Å². The molecule has 1 atom stereocenters. The van der Waals surface area contributed by atoms with Crippen molar-refractivity contribution in [2.45, 2.75) is 46.2 Å². The number of amides is 2. The quantitative estimate of drug-likeness (QED) is 0.697. The first-order valence-corrected chi connectivity index (χ1v) is 9.71. The summed E-state index contributed by atoms with van der Waals surface area (Å²) in [5, 5.41) is 16.9. The Morgan fingerprint density at radius 2 is 2.07 bits per heavy atom. The highest BCUT2D eigenvalue weighted by atomic mass is 32.1. The largest absolute Gasteiger partial charge is 0.548 e. The van der Waals surface area contributed by atoms with Crippen molar-refractivity contribution in [3.63, 3.8) is 0 Å². The van der Waals surface area contributed by atoms with E-state index in [2.05, 4.69) is 29.0 Å². The maximum atomic E-state index is 12.3. The van der Waals surface area contributed by atoms with E-state index in [1.807, 2.05) is 5.38 Å². The van der Waals surface area contributed by atoms with Crippen molar-refractivity contribution in [3.05, 3.63) is 16.1 Å². The molecule has 2 rings (SSSR count). The first kappa shape index (κ1) is 23.3. The molecule has 0 saturated carbocycles. The molecule has 8 nitrogen and oxygen atoms in total. The van der Waals surface area contributed by atoms with Crippen LogP contribution in [0.5, 0.6) is 0 Å². The Morgan fingerprint density at radius 1 is 1.41 bits per heavy atom. The van der Waals surface area contributed by atoms with Crippen molar-refractivity contribution in [2.24, 2.45) is 0 Å². The number of carbonyl (C=O) groups is 2. The lowest BCUT2D eigenvalue weighted by molar-refractivity contribution is -0.308. The minimum Gasteiger partial charge on any atom is -0.548 e. The third-order valence-corrected chi connectivity index (χ3v) is 5.42. The van der Waals surface area contributed by atoms with Crippen LogP contribution in [0.15, 0.2) is 5.38 Å². The van der Waals surface area contributed by atoms with Crippen molar-refractivity contribution < 1.29 is 19.4 Å². The minimum absolute atomic E-state index is 0. The zero-order chi connectivity index (χ0) is 19.1. The molecule has 1 aliphatic rings. The van der Waals surface area contributed by atoms with E-state index in [0.29, 0.717) is 38.6 Å². The number of hydrogen-bond acceptors (Lipinski definition) is 7. The number of rotatable bonds is 8. The molecule has 9 heteroatoms. The number of nitrogens with zero attached hydrogens (tertiary/aromatic N) is 3. The highest BCUT2D eigenvalue weighted by Crippen LogP contribution is 2.19. The number of ether oxygens (including phenoxy) is 1. The molecule has 0 aliphatic carbocycles. The third kappa shape index (κ3) is 7.43. The molecule has 0 unspecified atom stereocenters. The number of nitrogens with one attached hydrogen (secondary N) is 1. The van der Waals surface area contributed by atoms with Crippen molar-refractivity contribution in [1.82, 2.24) is 20.1 Å². The van der Waals surface area contributed by atoms with Crippen LogP contribution in [0.25, 0.3) is 0 Å². The van der Waals surface area contributed by atoms with Gasteiger partial charge in [-0.15, -0.1) is 11.3 Å². The first-order valence-electron chi connectivity index (χ1n) is 8.83. The molecule has 0 radical (unpaired) electrons. The summed E-state index contributed by atoms with van der Waals surface area (Å²) in [5.74, 6) is -0.925. The number of urea groups is 1. The summed E-state index contributed by atoms with van der Waals surface area (Å²) in [6.07, 6.45) is 0.302. The predicted octanol–water partition coefficient (Wildman–Crippen LogP) is 0.885. The van der Waals surface area contributed by atoms with Crippen molar-refractivity contribution >= 4 is 23.3 Å². The van der Waals surface area contributed by atoms with Crippen LogP contribution < -0.4 is 10.4 Å². The van der Waals surface area contributed by atoms with Gasteiger partial charge < -0.3 is 24.9 Å². The molecular weight excluding hydrogens is 368 g/mol. The Hall–Kier alpha value is -1.71. The lowest BCUT2D eigenvalue weighted by Crippen LogP contribution is -2.52. The average Bonchev–Trinajstić information content (AvgIpc) is 3.07. The van der Waals surface area contributed by atoms with E-state index in [1.54, 1.807) is 18.4 Å². The normalized spacial score (nSPS) is 15.9. The van der Waals surface area contributed by atoms with E-state index in [4.69, 9.17) is 4.74 Å². The fourth-order valence-electron chi connectivity index (χ4n) is 2.62. The van der Waals surface area contributed by atoms with E-state index in [1.165, 1.54) is 4.90 Å². The van der Waals surface area contributed by atoms with Crippen molar-refractivity contribution in [3.8, 4) is 0 Å². The lowest BCUT2D eigenvalue weighted by Gasteiger charge is -2.29. The monoisotopic (exact) mass is 399 g/mol. The number of aliphatic carboxylic acids is 1. The van der Waals surface area contributed by atoms with Gasteiger partial charge in [-0.2, -0.15) is 0 Å². The Kier molecular flexibility index (Phi) is 9.68. The molecule has 1 aromatic rings. The molecule has 2 heterocycles. The zero-order valence-electron chi connectivity index (χ0n) is 15.6. The summed E-state index contributed by atoms with van der Waals surface area (Å²) in [6.45, 7) is 7.89. The number of carbonyl (C=O) groups excluding carboxylic acids is 2. The van der Waals surface area contributed by atoms with Gasteiger partial charge in [0.15, 0.2) is 0 Å². The SMILES string of the molecule is C.CC(C)c1nc(CN(C)C(=O)N[C@@H](CCN2CCOCC2)C(=O)[O-])cs1. The van der Waals surface area contributed by atoms with Gasteiger partial charge in [0.2, 0.25) is 0 Å². The van der Waals surface area contributed by atoms with Crippen LogP contribution in [0.4, 0.5) is 4.79 Å². The molecule has 1 fully saturated rings. The van der Waals surface area contributed by atoms with Gasteiger partial charge >= 0.3 is 6.03 Å². The number of morpholine rings is 1. The fraction of sp³-hybridized carbons (Fsp3) is 0.722. The highest BCUT2D eigenvalue weighted by molar-refractivity contribution is 7.09. The second-order valence-corrected chi connectivity index (χ2v) is 7.64. The third-order valence-electron chi connectivity index (χ3n) is 4.23. The number of hydrogen-bond donors (Lipinski definition) is 1. The summed E-state index contributed by atoms with van der Waals surface area (Å²) in [5.41, 5.74) is 0.801. The van der Waals surface area contributed by atoms with Gasteiger partial charge in [-0.1, -0.05) is 21.3 Å². The number of aromatic nitrogens is 1. The van der Waals surface area contributed by atoms with Crippen LogP contribution in [0, 0.1) is 0 Å². The van der Waals surface area contributed by atoms with Gasteiger partial charge in [0, 0.05) is 38.0 Å². The van der Waals surface area contributed by atoms with Crippen LogP contribution in [-0.4, -0.2) is 72.7 Å². The molecular formula is C18H31N4O4S-. The van der Waals surface area contributed by atoms with E-state index in [9.17, 15) is 14.7 Å². The molecule has 27 heavy (non-hydrogen) atoms. The van der Waals surface area contributed by atoms with Crippen LogP contribution in [0.1, 0.15) is 44.3 Å².